The van der Waals surface area contributed by atoms with Crippen molar-refractivity contribution in [2.24, 2.45) is 0 Å². The fourth-order valence-electron chi connectivity index (χ4n) is 1.16. The van der Waals surface area contributed by atoms with Gasteiger partial charge >= 0.3 is 0 Å². The van der Waals surface area contributed by atoms with Gasteiger partial charge in [-0.3, -0.25) is 0 Å². The molecule has 1 rings (SSSR count). The Hall–Kier alpha value is -1.03. The van der Waals surface area contributed by atoms with Gasteiger partial charge in [0.25, 0.3) is 0 Å². The van der Waals surface area contributed by atoms with Crippen LogP contribution >= 0.6 is 11.6 Å². The largest absolute Gasteiger partial charge is 0.489 e. The zero-order chi connectivity index (χ0) is 11.8. The average Bonchev–Trinajstić information content (AvgIpc) is 2.28. The van der Waals surface area contributed by atoms with Crippen LogP contribution in [0.2, 0.25) is 5.02 Å². The van der Waals surface area contributed by atoms with Gasteiger partial charge in [-0.1, -0.05) is 29.8 Å². The summed E-state index contributed by atoms with van der Waals surface area (Å²) in [6, 6.07) is 7.19. The second-order valence-electron chi connectivity index (χ2n) is 3.34. The highest BCUT2D eigenvalue weighted by molar-refractivity contribution is 6.32. The van der Waals surface area contributed by atoms with E-state index in [2.05, 4.69) is 11.9 Å². The maximum Gasteiger partial charge on any atom is 0.138 e. The smallest absolute Gasteiger partial charge is 0.138 e. The first-order valence-electron chi connectivity index (χ1n) is 5.11. The standard InChI is InChI=1S/C12H16ClNO2/c1-2-7-14-8-10(15)9-16-12-6-4-3-5-11(12)13/h2-6,10,14-15H,1,7-9H2. The van der Waals surface area contributed by atoms with Gasteiger partial charge in [0.05, 0.1) is 5.02 Å². The Labute approximate surface area is 101 Å². The molecule has 0 aliphatic carbocycles. The van der Waals surface area contributed by atoms with Crippen LogP contribution in [-0.2, 0) is 0 Å². The first kappa shape index (κ1) is 13.0. The van der Waals surface area contributed by atoms with Crippen molar-refractivity contribution in [3.8, 4) is 5.75 Å². The SMILES string of the molecule is C=CCNCC(O)COc1ccccc1Cl. The molecule has 0 spiro atoms. The number of hydrogen-bond donors (Lipinski definition) is 2. The molecule has 0 heterocycles. The third kappa shape index (κ3) is 4.66. The van der Waals surface area contributed by atoms with E-state index in [1.54, 1.807) is 18.2 Å². The fourth-order valence-corrected chi connectivity index (χ4v) is 1.35. The van der Waals surface area contributed by atoms with Crippen molar-refractivity contribution in [1.29, 1.82) is 0 Å². The topological polar surface area (TPSA) is 41.5 Å². The monoisotopic (exact) mass is 241 g/mol. The fraction of sp³-hybridized carbons (Fsp3) is 0.333. The minimum absolute atomic E-state index is 0.216. The first-order chi connectivity index (χ1) is 7.74. The summed E-state index contributed by atoms with van der Waals surface area (Å²) in [4.78, 5) is 0. The van der Waals surface area contributed by atoms with Gasteiger partial charge < -0.3 is 15.2 Å². The number of aliphatic hydroxyl groups is 1. The van der Waals surface area contributed by atoms with E-state index in [-0.39, 0.29) is 6.61 Å². The summed E-state index contributed by atoms with van der Waals surface area (Å²) in [5, 5.41) is 13.1. The highest BCUT2D eigenvalue weighted by atomic mass is 35.5. The molecule has 4 heteroatoms. The van der Waals surface area contributed by atoms with Crippen LogP contribution in [-0.4, -0.2) is 30.9 Å². The molecular formula is C12H16ClNO2. The minimum Gasteiger partial charge on any atom is -0.489 e. The zero-order valence-corrected chi connectivity index (χ0v) is 9.78. The molecule has 0 aliphatic rings. The second-order valence-corrected chi connectivity index (χ2v) is 3.75. The van der Waals surface area contributed by atoms with Crippen molar-refractivity contribution >= 4 is 11.6 Å². The Balaban J connectivity index is 2.28. The van der Waals surface area contributed by atoms with Gasteiger partial charge in [0.1, 0.15) is 18.5 Å². The maximum atomic E-state index is 9.56. The van der Waals surface area contributed by atoms with Crippen LogP contribution in [0.3, 0.4) is 0 Å². The molecule has 0 fully saturated rings. The summed E-state index contributed by atoms with van der Waals surface area (Å²) in [5.41, 5.74) is 0. The van der Waals surface area contributed by atoms with Crippen molar-refractivity contribution < 1.29 is 9.84 Å². The van der Waals surface area contributed by atoms with Gasteiger partial charge in [-0.15, -0.1) is 6.58 Å². The molecule has 16 heavy (non-hydrogen) atoms. The van der Waals surface area contributed by atoms with E-state index in [4.69, 9.17) is 16.3 Å². The van der Waals surface area contributed by atoms with E-state index in [0.29, 0.717) is 23.9 Å². The van der Waals surface area contributed by atoms with Crippen molar-refractivity contribution in [3.63, 3.8) is 0 Å². The lowest BCUT2D eigenvalue weighted by atomic mass is 10.3. The molecule has 0 radical (unpaired) electrons. The highest BCUT2D eigenvalue weighted by Crippen LogP contribution is 2.22. The van der Waals surface area contributed by atoms with Crippen LogP contribution in [0.1, 0.15) is 0 Å². The number of nitrogens with one attached hydrogen (secondary N) is 1. The van der Waals surface area contributed by atoms with Gasteiger partial charge in [0.15, 0.2) is 0 Å². The van der Waals surface area contributed by atoms with Crippen molar-refractivity contribution in [2.75, 3.05) is 19.7 Å². The molecule has 0 aromatic heterocycles. The van der Waals surface area contributed by atoms with Crippen LogP contribution in [0.4, 0.5) is 0 Å². The maximum absolute atomic E-state index is 9.56. The Kier molecular flexibility index (Phi) is 5.93. The molecular weight excluding hydrogens is 226 g/mol. The molecule has 0 aliphatic heterocycles. The van der Waals surface area contributed by atoms with E-state index in [0.717, 1.165) is 0 Å². The third-order valence-corrected chi connectivity index (χ3v) is 2.25. The van der Waals surface area contributed by atoms with E-state index in [9.17, 15) is 5.11 Å². The molecule has 1 aromatic rings. The van der Waals surface area contributed by atoms with E-state index in [1.165, 1.54) is 0 Å². The van der Waals surface area contributed by atoms with Crippen LogP contribution in [0, 0.1) is 0 Å². The molecule has 0 saturated carbocycles. The number of halogens is 1. The lowest BCUT2D eigenvalue weighted by molar-refractivity contribution is 0.107. The summed E-state index contributed by atoms with van der Waals surface area (Å²) in [5.74, 6) is 0.590. The Bertz CT molecular complexity index is 331. The van der Waals surface area contributed by atoms with Gasteiger partial charge in [-0.2, -0.15) is 0 Å². The summed E-state index contributed by atoms with van der Waals surface area (Å²) < 4.78 is 5.38. The predicted molar refractivity (Wildman–Crippen MR) is 66.0 cm³/mol. The molecule has 0 saturated heterocycles. The van der Waals surface area contributed by atoms with Gasteiger partial charge in [-0.25, -0.2) is 0 Å². The first-order valence-corrected chi connectivity index (χ1v) is 5.49. The average molecular weight is 242 g/mol. The lowest BCUT2D eigenvalue weighted by Gasteiger charge is -2.13. The van der Waals surface area contributed by atoms with Gasteiger partial charge in [-0.05, 0) is 12.1 Å². The quantitative estimate of drug-likeness (QED) is 0.566. The molecule has 1 unspecified atom stereocenters. The Morgan fingerprint density at radius 1 is 1.50 bits per heavy atom. The molecule has 0 amide bonds. The van der Waals surface area contributed by atoms with E-state index >= 15 is 0 Å². The minimum atomic E-state index is -0.559. The van der Waals surface area contributed by atoms with E-state index < -0.39 is 6.10 Å². The molecule has 1 atom stereocenters. The summed E-state index contributed by atoms with van der Waals surface area (Å²) in [7, 11) is 0. The summed E-state index contributed by atoms with van der Waals surface area (Å²) >= 11 is 5.90. The Morgan fingerprint density at radius 3 is 2.94 bits per heavy atom. The molecule has 2 N–H and O–H groups in total. The van der Waals surface area contributed by atoms with Gasteiger partial charge in [0, 0.05) is 13.1 Å². The van der Waals surface area contributed by atoms with Crippen molar-refractivity contribution in [3.05, 3.63) is 41.9 Å². The molecule has 0 bridgehead atoms. The zero-order valence-electron chi connectivity index (χ0n) is 9.03. The highest BCUT2D eigenvalue weighted by Gasteiger charge is 2.05. The van der Waals surface area contributed by atoms with Crippen LogP contribution < -0.4 is 10.1 Å². The predicted octanol–water partition coefficient (Wildman–Crippen LogP) is 1.86. The number of benzene rings is 1. The van der Waals surface area contributed by atoms with Crippen LogP contribution in [0.25, 0.3) is 0 Å². The number of aliphatic hydroxyl groups excluding tert-OH is 1. The third-order valence-electron chi connectivity index (χ3n) is 1.94. The molecule has 1 aromatic carbocycles. The van der Waals surface area contributed by atoms with Crippen molar-refractivity contribution in [1.82, 2.24) is 5.32 Å². The number of para-hydroxylation sites is 1. The molecule has 3 nitrogen and oxygen atoms in total. The van der Waals surface area contributed by atoms with Crippen LogP contribution in [0.15, 0.2) is 36.9 Å². The number of hydrogen-bond acceptors (Lipinski definition) is 3. The van der Waals surface area contributed by atoms with Gasteiger partial charge in [0.2, 0.25) is 0 Å². The normalized spacial score (nSPS) is 12.1. The van der Waals surface area contributed by atoms with E-state index in [1.807, 2.05) is 12.1 Å². The number of rotatable bonds is 7. The lowest BCUT2D eigenvalue weighted by Crippen LogP contribution is -2.31. The number of ether oxygens (including phenoxy) is 1. The molecule has 88 valence electrons. The Morgan fingerprint density at radius 2 is 2.25 bits per heavy atom. The summed E-state index contributed by atoms with van der Waals surface area (Å²) in [6.45, 7) is 4.92. The summed E-state index contributed by atoms with van der Waals surface area (Å²) in [6.07, 6.45) is 1.18. The second kappa shape index (κ2) is 7.28. The van der Waals surface area contributed by atoms with Crippen LogP contribution in [0.5, 0.6) is 5.75 Å². The van der Waals surface area contributed by atoms with Crippen molar-refractivity contribution in [2.45, 2.75) is 6.10 Å².